The van der Waals surface area contributed by atoms with Crippen molar-refractivity contribution in [2.24, 2.45) is 0 Å². The molecule has 0 bridgehead atoms. The number of rotatable bonds is 4. The first-order valence-electron chi connectivity index (χ1n) is 8.25. The molecule has 1 N–H and O–H groups in total. The lowest BCUT2D eigenvalue weighted by Crippen LogP contribution is -2.27. The largest absolute Gasteiger partial charge is 0.325 e. The molecule has 0 radical (unpaired) electrons. The summed E-state index contributed by atoms with van der Waals surface area (Å²) in [6.07, 6.45) is 2.19. The zero-order valence-electron chi connectivity index (χ0n) is 14.8. The summed E-state index contributed by atoms with van der Waals surface area (Å²) >= 11 is 0. The highest BCUT2D eigenvalue weighted by atomic mass is 16.2. The van der Waals surface area contributed by atoms with E-state index in [1.807, 2.05) is 43.3 Å². The third-order valence-corrected chi connectivity index (χ3v) is 4.26. The van der Waals surface area contributed by atoms with Crippen molar-refractivity contribution in [3.63, 3.8) is 0 Å². The summed E-state index contributed by atoms with van der Waals surface area (Å²) in [6, 6.07) is 13.3. The summed E-state index contributed by atoms with van der Waals surface area (Å²) in [5.41, 5.74) is 5.37. The van der Waals surface area contributed by atoms with Crippen LogP contribution in [0.2, 0.25) is 0 Å². The average molecular weight is 345 g/mol. The smallest absolute Gasteiger partial charge is 0.238 e. The summed E-state index contributed by atoms with van der Waals surface area (Å²) in [7, 11) is 3.69. The van der Waals surface area contributed by atoms with Crippen molar-refractivity contribution < 1.29 is 4.79 Å². The number of nitrogens with one attached hydrogen (secondary N) is 1. The molecule has 3 rings (SSSR count). The second kappa shape index (κ2) is 7.26. The molecule has 1 heterocycles. The van der Waals surface area contributed by atoms with E-state index in [-0.39, 0.29) is 5.91 Å². The van der Waals surface area contributed by atoms with E-state index in [9.17, 15) is 10.1 Å². The Morgan fingerprint density at radius 2 is 1.92 bits per heavy atom. The molecule has 0 atom stereocenters. The molecule has 6 heteroatoms. The molecule has 0 unspecified atom stereocenters. The molecule has 2 aromatic rings. The number of anilines is 1. The lowest BCUT2D eigenvalue weighted by molar-refractivity contribution is -0.116. The van der Waals surface area contributed by atoms with E-state index in [0.717, 1.165) is 27.9 Å². The number of hydrogen-bond donors (Lipinski definition) is 1. The van der Waals surface area contributed by atoms with Gasteiger partial charge in [-0.3, -0.25) is 4.79 Å². The third kappa shape index (κ3) is 3.66. The molecule has 1 aliphatic heterocycles. The minimum absolute atomic E-state index is 0.0872. The van der Waals surface area contributed by atoms with Crippen LogP contribution in [0.25, 0.3) is 11.1 Å². The van der Waals surface area contributed by atoms with E-state index in [1.54, 1.807) is 17.0 Å². The van der Waals surface area contributed by atoms with Gasteiger partial charge in [0.2, 0.25) is 5.91 Å². The van der Waals surface area contributed by atoms with Crippen LogP contribution in [0, 0.1) is 22.8 Å². The number of carbonyl (C=O) groups excluding carboxylic acids is 1. The molecule has 6 nitrogen and oxygen atoms in total. The average Bonchev–Trinajstić information content (AvgIpc) is 3.03. The van der Waals surface area contributed by atoms with Gasteiger partial charge in [0.25, 0.3) is 0 Å². The van der Waals surface area contributed by atoms with E-state index in [1.165, 1.54) is 0 Å². The first-order valence-corrected chi connectivity index (χ1v) is 8.25. The topological polar surface area (TPSA) is 83.2 Å². The van der Waals surface area contributed by atoms with Crippen LogP contribution in [-0.4, -0.2) is 36.3 Å². The van der Waals surface area contributed by atoms with Gasteiger partial charge in [0.15, 0.2) is 6.19 Å². The van der Waals surface area contributed by atoms with Crippen molar-refractivity contribution in [3.05, 3.63) is 53.1 Å². The molecule has 1 amide bonds. The quantitative estimate of drug-likeness (QED) is 0.861. The number of nitrogens with zero attached hydrogens (tertiary/aromatic N) is 4. The molecular weight excluding hydrogens is 326 g/mol. The summed E-state index contributed by atoms with van der Waals surface area (Å²) in [5.74, 6) is -0.0872. The van der Waals surface area contributed by atoms with E-state index < -0.39 is 0 Å². The van der Waals surface area contributed by atoms with Crippen LogP contribution in [0.1, 0.15) is 16.7 Å². The van der Waals surface area contributed by atoms with Crippen molar-refractivity contribution in [1.82, 2.24) is 9.80 Å². The summed E-state index contributed by atoms with van der Waals surface area (Å²) in [6.45, 7) is 1.38. The van der Waals surface area contributed by atoms with Crippen LogP contribution < -0.4 is 5.32 Å². The first-order chi connectivity index (χ1) is 12.5. The molecule has 130 valence electrons. The van der Waals surface area contributed by atoms with Gasteiger partial charge in [-0.15, -0.1) is 0 Å². The van der Waals surface area contributed by atoms with E-state index in [2.05, 4.69) is 17.6 Å². The predicted molar refractivity (Wildman–Crippen MR) is 98.6 cm³/mol. The van der Waals surface area contributed by atoms with E-state index in [0.29, 0.717) is 25.2 Å². The zero-order valence-corrected chi connectivity index (χ0v) is 14.8. The van der Waals surface area contributed by atoms with Gasteiger partial charge in [0.1, 0.15) is 0 Å². The van der Waals surface area contributed by atoms with Crippen LogP contribution in [-0.2, 0) is 17.9 Å². The SMILES string of the molecule is CN(C)CC(=O)Nc1cc2c(c(-c3ccc(C#N)cc3)c1)CN(C#N)C2. The van der Waals surface area contributed by atoms with Gasteiger partial charge in [-0.1, -0.05) is 12.1 Å². The maximum absolute atomic E-state index is 12.1. The lowest BCUT2D eigenvalue weighted by Gasteiger charge is -2.14. The second-order valence-electron chi connectivity index (χ2n) is 6.59. The highest BCUT2D eigenvalue weighted by Crippen LogP contribution is 2.35. The number of likely N-dealkylation sites (N-methyl/N-ethyl adjacent to an activating group) is 1. The fourth-order valence-corrected chi connectivity index (χ4v) is 3.12. The van der Waals surface area contributed by atoms with Gasteiger partial charge >= 0.3 is 0 Å². The normalized spacial score (nSPS) is 12.4. The number of carbonyl (C=O) groups is 1. The summed E-state index contributed by atoms with van der Waals surface area (Å²) in [5, 5.41) is 21.2. The van der Waals surface area contributed by atoms with Gasteiger partial charge in [0, 0.05) is 5.69 Å². The molecule has 2 aromatic carbocycles. The van der Waals surface area contributed by atoms with Gasteiger partial charge in [-0.25, -0.2) is 0 Å². The van der Waals surface area contributed by atoms with Gasteiger partial charge < -0.3 is 15.1 Å². The number of amides is 1. The van der Waals surface area contributed by atoms with Crippen LogP contribution in [0.15, 0.2) is 36.4 Å². The van der Waals surface area contributed by atoms with Crippen molar-refractivity contribution in [2.45, 2.75) is 13.1 Å². The standard InChI is InChI=1S/C20H19N5O/c1-24(2)12-20(26)23-17-7-16-10-25(13-22)11-19(16)18(8-17)15-5-3-14(9-21)4-6-15/h3-8H,10-12H2,1-2H3,(H,23,26). The third-order valence-electron chi connectivity index (χ3n) is 4.26. The Morgan fingerprint density at radius 1 is 1.19 bits per heavy atom. The minimum Gasteiger partial charge on any atom is -0.325 e. The number of nitriles is 2. The molecule has 0 saturated heterocycles. The van der Waals surface area contributed by atoms with Gasteiger partial charge in [-0.2, -0.15) is 10.5 Å². The van der Waals surface area contributed by atoms with E-state index in [4.69, 9.17) is 5.26 Å². The maximum Gasteiger partial charge on any atom is 0.238 e. The van der Waals surface area contributed by atoms with Gasteiger partial charge in [0.05, 0.1) is 31.3 Å². The molecule has 0 aliphatic carbocycles. The lowest BCUT2D eigenvalue weighted by atomic mass is 9.95. The Balaban J connectivity index is 2.00. The molecule has 26 heavy (non-hydrogen) atoms. The minimum atomic E-state index is -0.0872. The molecule has 1 aliphatic rings. The molecule has 0 saturated carbocycles. The van der Waals surface area contributed by atoms with Crippen LogP contribution >= 0.6 is 0 Å². The van der Waals surface area contributed by atoms with Crippen molar-refractivity contribution in [1.29, 1.82) is 10.5 Å². The fraction of sp³-hybridized carbons (Fsp3) is 0.250. The number of hydrogen-bond acceptors (Lipinski definition) is 5. The summed E-state index contributed by atoms with van der Waals surface area (Å²) in [4.78, 5) is 15.6. The van der Waals surface area contributed by atoms with Crippen molar-refractivity contribution in [3.8, 4) is 23.4 Å². The van der Waals surface area contributed by atoms with Crippen molar-refractivity contribution in [2.75, 3.05) is 26.0 Å². The molecule has 0 fully saturated rings. The number of fused-ring (bicyclic) bond motifs is 1. The van der Waals surface area contributed by atoms with Crippen molar-refractivity contribution >= 4 is 11.6 Å². The maximum atomic E-state index is 12.1. The Hall–Kier alpha value is -3.35. The predicted octanol–water partition coefficient (Wildman–Crippen LogP) is 2.52. The fourth-order valence-electron chi connectivity index (χ4n) is 3.12. The first kappa shape index (κ1) is 17.5. The Bertz CT molecular complexity index is 919. The monoisotopic (exact) mass is 345 g/mol. The molecule has 0 aromatic heterocycles. The number of benzene rings is 2. The van der Waals surface area contributed by atoms with Gasteiger partial charge in [-0.05, 0) is 60.6 Å². The van der Waals surface area contributed by atoms with Crippen LogP contribution in [0.4, 0.5) is 5.69 Å². The highest BCUT2D eigenvalue weighted by molar-refractivity contribution is 5.93. The van der Waals surface area contributed by atoms with Crippen LogP contribution in [0.5, 0.6) is 0 Å². The zero-order chi connectivity index (χ0) is 18.7. The second-order valence-corrected chi connectivity index (χ2v) is 6.59. The molecule has 0 spiro atoms. The Kier molecular flexibility index (Phi) is 4.88. The Morgan fingerprint density at radius 3 is 2.54 bits per heavy atom. The Labute approximate surface area is 152 Å². The van der Waals surface area contributed by atoms with Crippen LogP contribution in [0.3, 0.4) is 0 Å². The van der Waals surface area contributed by atoms with E-state index >= 15 is 0 Å². The molecular formula is C20H19N5O. The summed E-state index contributed by atoms with van der Waals surface area (Å²) < 4.78 is 0. The highest BCUT2D eigenvalue weighted by Gasteiger charge is 2.23.